The Morgan fingerprint density at radius 2 is 2.00 bits per heavy atom. The summed E-state index contributed by atoms with van der Waals surface area (Å²) in [7, 11) is 0. The van der Waals surface area contributed by atoms with E-state index in [1.54, 1.807) is 0 Å². The van der Waals surface area contributed by atoms with Crippen LogP contribution in [0.5, 0.6) is 0 Å². The molecule has 0 aromatic carbocycles. The fourth-order valence-corrected chi connectivity index (χ4v) is 1.98. The second kappa shape index (κ2) is 5.28. The van der Waals surface area contributed by atoms with E-state index in [0.29, 0.717) is 18.4 Å². The molecule has 90 valence electrons. The highest BCUT2D eigenvalue weighted by molar-refractivity contribution is 4.98. The molecule has 0 aliphatic heterocycles. The molecule has 3 nitrogen and oxygen atoms in total. The van der Waals surface area contributed by atoms with E-state index in [2.05, 4.69) is 20.8 Å². The summed E-state index contributed by atoms with van der Waals surface area (Å²) < 4.78 is 5.73. The summed E-state index contributed by atoms with van der Waals surface area (Å²) in [6, 6.07) is 0. The van der Waals surface area contributed by atoms with Crippen LogP contribution in [-0.4, -0.2) is 30.0 Å². The number of hydrogen-bond acceptors (Lipinski definition) is 3. The third kappa shape index (κ3) is 4.09. The molecule has 3 N–H and O–H groups in total. The van der Waals surface area contributed by atoms with Gasteiger partial charge in [-0.3, -0.25) is 0 Å². The molecule has 2 unspecified atom stereocenters. The Bertz CT molecular complexity index is 192. The van der Waals surface area contributed by atoms with Crippen molar-refractivity contribution < 1.29 is 9.84 Å². The lowest BCUT2D eigenvalue weighted by Crippen LogP contribution is -2.50. The monoisotopic (exact) mass is 215 g/mol. The van der Waals surface area contributed by atoms with E-state index in [1.165, 1.54) is 0 Å². The first-order valence-corrected chi connectivity index (χ1v) is 5.99. The zero-order valence-electron chi connectivity index (χ0n) is 10.2. The van der Waals surface area contributed by atoms with Crippen LogP contribution < -0.4 is 5.73 Å². The van der Waals surface area contributed by atoms with Crippen molar-refractivity contribution >= 4 is 0 Å². The van der Waals surface area contributed by atoms with Crippen molar-refractivity contribution in [3.05, 3.63) is 0 Å². The molecule has 0 amide bonds. The molecule has 1 rings (SSSR count). The van der Waals surface area contributed by atoms with Crippen molar-refractivity contribution in [1.82, 2.24) is 0 Å². The molecule has 0 heterocycles. The Kier molecular flexibility index (Phi) is 4.56. The first-order valence-electron chi connectivity index (χ1n) is 5.99. The second-order valence-corrected chi connectivity index (χ2v) is 5.42. The van der Waals surface area contributed by atoms with E-state index < -0.39 is 5.54 Å². The van der Waals surface area contributed by atoms with Crippen LogP contribution in [0.4, 0.5) is 0 Å². The van der Waals surface area contributed by atoms with Crippen molar-refractivity contribution in [3.8, 4) is 0 Å². The van der Waals surface area contributed by atoms with Gasteiger partial charge in [-0.25, -0.2) is 0 Å². The van der Waals surface area contributed by atoms with Gasteiger partial charge in [-0.05, 0) is 38.0 Å². The SMILES string of the molecule is CC(C)CC(C)OCC(N)(CO)C1CC1. The number of rotatable bonds is 7. The fraction of sp³-hybridized carbons (Fsp3) is 1.00. The predicted molar refractivity (Wildman–Crippen MR) is 61.6 cm³/mol. The van der Waals surface area contributed by atoms with E-state index in [9.17, 15) is 5.11 Å². The second-order valence-electron chi connectivity index (χ2n) is 5.42. The average Bonchev–Trinajstić information content (AvgIpc) is 2.96. The van der Waals surface area contributed by atoms with Gasteiger partial charge in [0.1, 0.15) is 0 Å². The van der Waals surface area contributed by atoms with Crippen molar-refractivity contribution in [3.63, 3.8) is 0 Å². The third-order valence-electron chi connectivity index (χ3n) is 3.12. The predicted octanol–water partition coefficient (Wildman–Crippen LogP) is 1.54. The minimum atomic E-state index is -0.495. The number of nitrogens with two attached hydrogens (primary N) is 1. The van der Waals surface area contributed by atoms with Gasteiger partial charge in [0.15, 0.2) is 0 Å². The lowest BCUT2D eigenvalue weighted by atomic mass is 9.97. The molecular weight excluding hydrogens is 190 g/mol. The van der Waals surface area contributed by atoms with Crippen LogP contribution in [0.25, 0.3) is 0 Å². The minimum absolute atomic E-state index is 0.0338. The quantitative estimate of drug-likeness (QED) is 0.677. The lowest BCUT2D eigenvalue weighted by Gasteiger charge is -2.29. The van der Waals surface area contributed by atoms with Gasteiger partial charge in [-0.1, -0.05) is 13.8 Å². The fourth-order valence-electron chi connectivity index (χ4n) is 1.98. The molecule has 0 spiro atoms. The largest absolute Gasteiger partial charge is 0.394 e. The zero-order chi connectivity index (χ0) is 11.5. The van der Waals surface area contributed by atoms with Crippen LogP contribution in [0.1, 0.15) is 40.0 Å². The van der Waals surface area contributed by atoms with Crippen molar-refractivity contribution in [1.29, 1.82) is 0 Å². The maximum Gasteiger partial charge on any atom is 0.0675 e. The zero-order valence-corrected chi connectivity index (χ0v) is 10.2. The first kappa shape index (κ1) is 12.9. The molecular formula is C12H25NO2. The standard InChI is InChI=1S/C12H25NO2/c1-9(2)6-10(3)15-8-12(13,7-14)11-4-5-11/h9-11,14H,4-8,13H2,1-3H3. The molecule has 1 aliphatic rings. The lowest BCUT2D eigenvalue weighted by molar-refractivity contribution is -0.00380. The Balaban J connectivity index is 2.27. The number of aliphatic hydroxyl groups excluding tert-OH is 1. The molecule has 0 radical (unpaired) electrons. The maximum atomic E-state index is 9.29. The van der Waals surface area contributed by atoms with Crippen LogP contribution in [0.15, 0.2) is 0 Å². The number of hydrogen-bond donors (Lipinski definition) is 2. The van der Waals surface area contributed by atoms with E-state index >= 15 is 0 Å². The Morgan fingerprint density at radius 3 is 2.40 bits per heavy atom. The highest BCUT2D eigenvalue weighted by atomic mass is 16.5. The van der Waals surface area contributed by atoms with E-state index in [-0.39, 0.29) is 12.7 Å². The molecule has 0 aromatic rings. The van der Waals surface area contributed by atoms with Gasteiger partial charge in [0, 0.05) is 0 Å². The molecule has 1 fully saturated rings. The molecule has 15 heavy (non-hydrogen) atoms. The summed E-state index contributed by atoms with van der Waals surface area (Å²) in [5.41, 5.74) is 5.61. The van der Waals surface area contributed by atoms with Crippen LogP contribution in [0, 0.1) is 11.8 Å². The van der Waals surface area contributed by atoms with Gasteiger partial charge in [-0.15, -0.1) is 0 Å². The summed E-state index contributed by atoms with van der Waals surface area (Å²) in [5.74, 6) is 1.11. The summed E-state index contributed by atoms with van der Waals surface area (Å²) in [4.78, 5) is 0. The van der Waals surface area contributed by atoms with Gasteiger partial charge in [0.2, 0.25) is 0 Å². The summed E-state index contributed by atoms with van der Waals surface area (Å²) in [6.45, 7) is 6.96. The van der Waals surface area contributed by atoms with Crippen LogP contribution in [0.3, 0.4) is 0 Å². The van der Waals surface area contributed by atoms with Gasteiger partial charge in [0.25, 0.3) is 0 Å². The highest BCUT2D eigenvalue weighted by Gasteiger charge is 2.42. The Morgan fingerprint density at radius 1 is 1.40 bits per heavy atom. The normalized spacial score (nSPS) is 22.8. The van der Waals surface area contributed by atoms with E-state index in [1.807, 2.05) is 0 Å². The Labute approximate surface area is 93.0 Å². The molecule has 0 bridgehead atoms. The third-order valence-corrected chi connectivity index (χ3v) is 3.12. The number of aliphatic hydroxyl groups is 1. The van der Waals surface area contributed by atoms with Crippen molar-refractivity contribution in [2.45, 2.75) is 51.7 Å². The van der Waals surface area contributed by atoms with Gasteiger partial charge in [-0.2, -0.15) is 0 Å². The van der Waals surface area contributed by atoms with Gasteiger partial charge in [0.05, 0.1) is 24.9 Å². The van der Waals surface area contributed by atoms with Gasteiger partial charge < -0.3 is 15.6 Å². The molecule has 1 aliphatic carbocycles. The Hall–Kier alpha value is -0.120. The first-order chi connectivity index (χ1) is 6.98. The summed E-state index contributed by atoms with van der Waals surface area (Å²) in [5, 5.41) is 9.29. The molecule has 3 heteroatoms. The average molecular weight is 215 g/mol. The molecule has 0 saturated heterocycles. The van der Waals surface area contributed by atoms with E-state index in [0.717, 1.165) is 19.3 Å². The summed E-state index contributed by atoms with van der Waals surface area (Å²) in [6.07, 6.45) is 3.56. The maximum absolute atomic E-state index is 9.29. The van der Waals surface area contributed by atoms with Crippen LogP contribution >= 0.6 is 0 Å². The van der Waals surface area contributed by atoms with E-state index in [4.69, 9.17) is 10.5 Å². The topological polar surface area (TPSA) is 55.5 Å². The van der Waals surface area contributed by atoms with Crippen molar-refractivity contribution in [2.24, 2.45) is 17.6 Å². The van der Waals surface area contributed by atoms with Crippen LogP contribution in [-0.2, 0) is 4.74 Å². The molecule has 0 aromatic heterocycles. The smallest absolute Gasteiger partial charge is 0.0675 e. The highest BCUT2D eigenvalue weighted by Crippen LogP contribution is 2.38. The number of ether oxygens (including phenoxy) is 1. The minimum Gasteiger partial charge on any atom is -0.394 e. The summed E-state index contributed by atoms with van der Waals surface area (Å²) >= 11 is 0. The molecule has 1 saturated carbocycles. The van der Waals surface area contributed by atoms with Crippen molar-refractivity contribution in [2.75, 3.05) is 13.2 Å². The molecule has 2 atom stereocenters. The van der Waals surface area contributed by atoms with Crippen LogP contribution in [0.2, 0.25) is 0 Å². The van der Waals surface area contributed by atoms with Gasteiger partial charge >= 0.3 is 0 Å².